The molecular formula is C17H18N2Si. The maximum atomic E-state index is 4.18. The summed E-state index contributed by atoms with van der Waals surface area (Å²) in [7, 11) is -1.78. The monoisotopic (exact) mass is 278 g/mol. The van der Waals surface area contributed by atoms with Crippen molar-refractivity contribution in [3.05, 3.63) is 79.4 Å². The molecule has 3 heteroatoms. The van der Waals surface area contributed by atoms with Crippen LogP contribution in [0.5, 0.6) is 0 Å². The first-order valence-electron chi connectivity index (χ1n) is 6.86. The molecule has 0 bridgehead atoms. The Labute approximate surface area is 120 Å². The first-order valence-corrected chi connectivity index (χ1v) is 9.56. The summed E-state index contributed by atoms with van der Waals surface area (Å²) in [5.74, 6) is 0. The van der Waals surface area contributed by atoms with Gasteiger partial charge in [0, 0.05) is 18.6 Å². The van der Waals surface area contributed by atoms with Crippen LogP contribution in [0, 0.1) is 0 Å². The van der Waals surface area contributed by atoms with E-state index in [-0.39, 0.29) is 0 Å². The van der Waals surface area contributed by atoms with Gasteiger partial charge in [-0.15, -0.1) is 0 Å². The molecule has 0 aliphatic heterocycles. The third-order valence-corrected chi connectivity index (χ3v) is 8.09. The molecule has 1 heterocycles. The Morgan fingerprint density at radius 1 is 0.900 bits per heavy atom. The van der Waals surface area contributed by atoms with E-state index in [1.807, 2.05) is 12.5 Å². The van der Waals surface area contributed by atoms with Crippen LogP contribution in [0.15, 0.2) is 79.4 Å². The highest BCUT2D eigenvalue weighted by Gasteiger charge is 2.31. The van der Waals surface area contributed by atoms with E-state index in [0.29, 0.717) is 0 Å². The van der Waals surface area contributed by atoms with Crippen molar-refractivity contribution < 1.29 is 0 Å². The van der Waals surface area contributed by atoms with Crippen LogP contribution in [-0.4, -0.2) is 17.6 Å². The third-order valence-electron chi connectivity index (χ3n) is 3.88. The largest absolute Gasteiger partial charge is 0.340 e. The maximum absolute atomic E-state index is 4.18. The zero-order valence-electron chi connectivity index (χ0n) is 11.6. The quantitative estimate of drug-likeness (QED) is 0.670. The Kier molecular flexibility index (Phi) is 3.52. The first-order chi connectivity index (χ1) is 9.79. The lowest BCUT2D eigenvalue weighted by atomic mass is 10.4. The van der Waals surface area contributed by atoms with Gasteiger partial charge >= 0.3 is 0 Å². The Morgan fingerprint density at radius 2 is 1.45 bits per heavy atom. The second-order valence-corrected chi connectivity index (χ2v) is 9.43. The highest BCUT2D eigenvalue weighted by atomic mass is 28.3. The second-order valence-electron chi connectivity index (χ2n) is 5.30. The van der Waals surface area contributed by atoms with Gasteiger partial charge in [-0.25, -0.2) is 4.98 Å². The predicted octanol–water partition coefficient (Wildman–Crippen LogP) is 2.32. The predicted molar refractivity (Wildman–Crippen MR) is 86.0 cm³/mol. The van der Waals surface area contributed by atoms with Crippen LogP contribution in [0.1, 0.15) is 0 Å². The number of benzene rings is 2. The molecule has 100 valence electrons. The maximum Gasteiger partial charge on any atom is 0.135 e. The van der Waals surface area contributed by atoms with Crippen molar-refractivity contribution in [3.8, 4) is 0 Å². The number of hydrogen-bond acceptors (Lipinski definition) is 1. The molecule has 0 saturated heterocycles. The lowest BCUT2D eigenvalue weighted by Gasteiger charge is -2.29. The van der Waals surface area contributed by atoms with Crippen LogP contribution in [0.3, 0.4) is 0 Å². The van der Waals surface area contributed by atoms with Crippen molar-refractivity contribution in [1.82, 2.24) is 9.55 Å². The molecular weight excluding hydrogens is 260 g/mol. The Balaban J connectivity index is 2.08. The van der Waals surface area contributed by atoms with Gasteiger partial charge < -0.3 is 4.57 Å². The fourth-order valence-corrected chi connectivity index (χ4v) is 6.18. The molecule has 0 N–H and O–H groups in total. The molecule has 20 heavy (non-hydrogen) atoms. The van der Waals surface area contributed by atoms with Crippen molar-refractivity contribution in [2.24, 2.45) is 0 Å². The summed E-state index contributed by atoms with van der Waals surface area (Å²) in [5, 5.41) is 2.92. The first kappa shape index (κ1) is 12.9. The fraction of sp³-hybridized carbons (Fsp3) is 0.118. The Hall–Kier alpha value is -2.13. The van der Waals surface area contributed by atoms with E-state index in [0.717, 1.165) is 6.17 Å². The number of rotatable bonds is 4. The average Bonchev–Trinajstić information content (AvgIpc) is 3.02. The molecule has 3 aromatic rings. The number of hydrogen-bond donors (Lipinski definition) is 0. The van der Waals surface area contributed by atoms with E-state index in [1.54, 1.807) is 0 Å². The SMILES string of the molecule is C[Si](Cn1ccnc1)(c1ccccc1)c1ccccc1. The molecule has 0 fully saturated rings. The summed E-state index contributed by atoms with van der Waals surface area (Å²) < 4.78 is 2.20. The summed E-state index contributed by atoms with van der Waals surface area (Å²) in [5.41, 5.74) is 0. The smallest absolute Gasteiger partial charge is 0.135 e. The zero-order valence-corrected chi connectivity index (χ0v) is 12.6. The van der Waals surface area contributed by atoms with Gasteiger partial charge in [-0.3, -0.25) is 0 Å². The van der Waals surface area contributed by atoms with E-state index < -0.39 is 8.07 Å². The van der Waals surface area contributed by atoms with Gasteiger partial charge in [0.1, 0.15) is 8.07 Å². The molecule has 2 aromatic carbocycles. The van der Waals surface area contributed by atoms with E-state index in [1.165, 1.54) is 10.4 Å². The number of aromatic nitrogens is 2. The van der Waals surface area contributed by atoms with Gasteiger partial charge in [0.15, 0.2) is 0 Å². The topological polar surface area (TPSA) is 17.8 Å². The Bertz CT molecular complexity index is 608. The van der Waals surface area contributed by atoms with Crippen LogP contribution in [-0.2, 0) is 6.17 Å². The summed E-state index contributed by atoms with van der Waals surface area (Å²) in [4.78, 5) is 4.18. The molecule has 0 unspecified atom stereocenters. The molecule has 1 aromatic heterocycles. The van der Waals surface area contributed by atoms with Gasteiger partial charge in [-0.1, -0.05) is 77.6 Å². The molecule has 2 nitrogen and oxygen atoms in total. The van der Waals surface area contributed by atoms with Crippen molar-refractivity contribution in [2.75, 3.05) is 0 Å². The minimum Gasteiger partial charge on any atom is -0.340 e. The van der Waals surface area contributed by atoms with Crippen LogP contribution >= 0.6 is 0 Å². The number of imidazole rings is 1. The van der Waals surface area contributed by atoms with Gasteiger partial charge in [-0.05, 0) is 0 Å². The van der Waals surface area contributed by atoms with Gasteiger partial charge in [0.25, 0.3) is 0 Å². The molecule has 3 rings (SSSR count). The molecule has 0 saturated carbocycles. The van der Waals surface area contributed by atoms with Crippen molar-refractivity contribution in [2.45, 2.75) is 12.7 Å². The van der Waals surface area contributed by atoms with Gasteiger partial charge in [0.2, 0.25) is 0 Å². The summed E-state index contributed by atoms with van der Waals surface area (Å²) in [6.45, 7) is 2.43. The summed E-state index contributed by atoms with van der Waals surface area (Å²) in [6, 6.07) is 21.8. The summed E-state index contributed by atoms with van der Waals surface area (Å²) in [6.07, 6.45) is 6.83. The molecule has 0 radical (unpaired) electrons. The van der Waals surface area contributed by atoms with E-state index >= 15 is 0 Å². The van der Waals surface area contributed by atoms with Crippen LogP contribution in [0.4, 0.5) is 0 Å². The van der Waals surface area contributed by atoms with E-state index in [4.69, 9.17) is 0 Å². The van der Waals surface area contributed by atoms with E-state index in [9.17, 15) is 0 Å². The highest BCUT2D eigenvalue weighted by molar-refractivity contribution is 7.00. The molecule has 0 aliphatic carbocycles. The summed E-state index contributed by atoms with van der Waals surface area (Å²) >= 11 is 0. The lowest BCUT2D eigenvalue weighted by molar-refractivity contribution is 0.858. The van der Waals surface area contributed by atoms with E-state index in [2.05, 4.69) is 83.0 Å². The Morgan fingerprint density at radius 3 is 1.90 bits per heavy atom. The van der Waals surface area contributed by atoms with Crippen LogP contribution in [0.2, 0.25) is 6.55 Å². The highest BCUT2D eigenvalue weighted by Crippen LogP contribution is 2.08. The van der Waals surface area contributed by atoms with Crippen molar-refractivity contribution >= 4 is 18.4 Å². The minimum absolute atomic E-state index is 1.01. The molecule has 0 atom stereocenters. The molecule has 0 spiro atoms. The van der Waals surface area contributed by atoms with Crippen LogP contribution in [0.25, 0.3) is 0 Å². The van der Waals surface area contributed by atoms with Crippen molar-refractivity contribution in [1.29, 1.82) is 0 Å². The standard InChI is InChI=1S/C17H18N2Si/c1-20(15-19-13-12-18-14-19,16-8-4-2-5-9-16)17-10-6-3-7-11-17/h2-14H,15H2,1H3. The lowest BCUT2D eigenvalue weighted by Crippen LogP contribution is -2.58. The average molecular weight is 278 g/mol. The third kappa shape index (κ3) is 2.45. The van der Waals surface area contributed by atoms with Gasteiger partial charge in [0.05, 0.1) is 6.33 Å². The molecule has 0 amide bonds. The molecule has 0 aliphatic rings. The second kappa shape index (κ2) is 5.47. The zero-order chi connectivity index (χ0) is 13.8. The normalized spacial score (nSPS) is 11.4. The fourth-order valence-electron chi connectivity index (χ4n) is 2.71. The van der Waals surface area contributed by atoms with Gasteiger partial charge in [-0.2, -0.15) is 0 Å². The van der Waals surface area contributed by atoms with Crippen LogP contribution < -0.4 is 10.4 Å². The number of nitrogens with zero attached hydrogens (tertiary/aromatic N) is 2. The minimum atomic E-state index is -1.78. The van der Waals surface area contributed by atoms with Crippen molar-refractivity contribution in [3.63, 3.8) is 0 Å².